The fourth-order valence-electron chi connectivity index (χ4n) is 2.40. The lowest BCUT2D eigenvalue weighted by atomic mass is 9.99. The van der Waals surface area contributed by atoms with E-state index >= 15 is 0 Å². The van der Waals surface area contributed by atoms with E-state index in [1.807, 2.05) is 18.2 Å². The highest BCUT2D eigenvalue weighted by Crippen LogP contribution is 2.30. The van der Waals surface area contributed by atoms with Crippen LogP contribution in [0.15, 0.2) is 34.9 Å². The van der Waals surface area contributed by atoms with Gasteiger partial charge in [0, 0.05) is 29.4 Å². The average Bonchev–Trinajstić information content (AvgIpc) is 2.38. The smallest absolute Gasteiger partial charge is 0.147 e. The molecule has 0 radical (unpaired) electrons. The number of halogens is 2. The molecule has 2 aromatic rings. The Balaban J connectivity index is 1.93. The van der Waals surface area contributed by atoms with Gasteiger partial charge in [-0.2, -0.15) is 0 Å². The Bertz CT molecular complexity index is 630. The van der Waals surface area contributed by atoms with E-state index in [1.54, 1.807) is 6.20 Å². The van der Waals surface area contributed by atoms with E-state index in [4.69, 9.17) is 17.3 Å². The predicted octanol–water partition coefficient (Wildman–Crippen LogP) is 3.64. The Morgan fingerprint density at radius 3 is 2.89 bits per heavy atom. The van der Waals surface area contributed by atoms with Gasteiger partial charge in [0.1, 0.15) is 5.82 Å². The molecule has 0 amide bonds. The molecule has 0 bridgehead atoms. The molecule has 19 heavy (non-hydrogen) atoms. The minimum Gasteiger partial charge on any atom is -0.399 e. The summed E-state index contributed by atoms with van der Waals surface area (Å²) in [6.07, 6.45) is 2.76. The first-order valence-corrected chi connectivity index (χ1v) is 7.24. The molecular weight excluding hydrogens is 326 g/mol. The van der Waals surface area contributed by atoms with Gasteiger partial charge in [-0.25, -0.2) is 4.98 Å². The van der Waals surface area contributed by atoms with Crippen LogP contribution in [0.5, 0.6) is 0 Å². The molecule has 1 aromatic carbocycles. The maximum absolute atomic E-state index is 6.26. The minimum absolute atomic E-state index is 0.668. The van der Waals surface area contributed by atoms with Gasteiger partial charge in [-0.15, -0.1) is 0 Å². The van der Waals surface area contributed by atoms with Gasteiger partial charge in [-0.3, -0.25) is 0 Å². The van der Waals surface area contributed by atoms with Crippen molar-refractivity contribution in [3.8, 4) is 0 Å². The first kappa shape index (κ1) is 12.8. The van der Waals surface area contributed by atoms with Crippen LogP contribution in [0, 0.1) is 0 Å². The van der Waals surface area contributed by atoms with Gasteiger partial charge in [0.25, 0.3) is 0 Å². The van der Waals surface area contributed by atoms with Crippen LogP contribution >= 0.6 is 27.5 Å². The van der Waals surface area contributed by atoms with Crippen molar-refractivity contribution in [2.45, 2.75) is 13.0 Å². The molecule has 0 atom stereocenters. The highest BCUT2D eigenvalue weighted by atomic mass is 79.9. The van der Waals surface area contributed by atoms with E-state index in [1.165, 1.54) is 11.1 Å². The summed E-state index contributed by atoms with van der Waals surface area (Å²) in [7, 11) is 0. The van der Waals surface area contributed by atoms with Gasteiger partial charge in [0.15, 0.2) is 0 Å². The molecule has 0 saturated heterocycles. The van der Waals surface area contributed by atoms with Crippen LogP contribution in [0.25, 0.3) is 0 Å². The third kappa shape index (κ3) is 2.55. The fourth-order valence-corrected chi connectivity index (χ4v) is 3.15. The lowest BCUT2D eigenvalue weighted by Crippen LogP contribution is -2.31. The third-order valence-corrected chi connectivity index (χ3v) is 4.04. The van der Waals surface area contributed by atoms with E-state index < -0.39 is 0 Å². The van der Waals surface area contributed by atoms with Gasteiger partial charge in [0.2, 0.25) is 0 Å². The van der Waals surface area contributed by atoms with Crippen molar-refractivity contribution >= 4 is 39.0 Å². The zero-order valence-corrected chi connectivity index (χ0v) is 12.6. The van der Waals surface area contributed by atoms with E-state index in [0.29, 0.717) is 5.02 Å². The summed E-state index contributed by atoms with van der Waals surface area (Å²) in [5.41, 5.74) is 9.27. The second kappa shape index (κ2) is 5.02. The van der Waals surface area contributed by atoms with Crippen LogP contribution in [-0.4, -0.2) is 11.5 Å². The minimum atomic E-state index is 0.668. The Kier molecular flexibility index (Phi) is 3.37. The molecule has 0 saturated carbocycles. The molecule has 5 heteroatoms. The number of nitrogens with two attached hydrogens (primary N) is 1. The number of rotatable bonds is 1. The van der Waals surface area contributed by atoms with Crippen molar-refractivity contribution in [2.24, 2.45) is 0 Å². The summed E-state index contributed by atoms with van der Waals surface area (Å²) in [6.45, 7) is 1.72. The van der Waals surface area contributed by atoms with Crippen LogP contribution in [0.4, 0.5) is 11.5 Å². The van der Waals surface area contributed by atoms with Crippen molar-refractivity contribution in [1.82, 2.24) is 4.98 Å². The van der Waals surface area contributed by atoms with Gasteiger partial charge in [-0.1, -0.05) is 17.7 Å². The summed E-state index contributed by atoms with van der Waals surface area (Å²) >= 11 is 9.64. The third-order valence-electron chi connectivity index (χ3n) is 3.33. The van der Waals surface area contributed by atoms with Crippen LogP contribution in [0.2, 0.25) is 5.02 Å². The SMILES string of the molecule is Nc1ccc2c(c1)CN(c1ncc(Br)cc1Cl)CC2. The molecule has 3 nitrogen and oxygen atoms in total. The standard InChI is InChI=1S/C14H13BrClN3/c15-11-6-13(16)14(18-7-11)19-4-3-9-1-2-12(17)5-10(9)8-19/h1-2,5-7H,3-4,8,17H2. The fraction of sp³-hybridized carbons (Fsp3) is 0.214. The molecule has 3 rings (SSSR count). The summed E-state index contributed by atoms with van der Waals surface area (Å²) in [4.78, 5) is 6.60. The molecule has 1 aliphatic heterocycles. The lowest BCUT2D eigenvalue weighted by molar-refractivity contribution is 0.721. The monoisotopic (exact) mass is 337 g/mol. The molecule has 0 aliphatic carbocycles. The van der Waals surface area contributed by atoms with E-state index in [9.17, 15) is 0 Å². The van der Waals surface area contributed by atoms with E-state index in [-0.39, 0.29) is 0 Å². The highest BCUT2D eigenvalue weighted by Gasteiger charge is 2.19. The van der Waals surface area contributed by atoms with Crippen molar-refractivity contribution in [2.75, 3.05) is 17.2 Å². The number of hydrogen-bond acceptors (Lipinski definition) is 3. The van der Waals surface area contributed by atoms with Crippen molar-refractivity contribution < 1.29 is 0 Å². The molecule has 0 fully saturated rings. The van der Waals surface area contributed by atoms with E-state index in [2.05, 4.69) is 31.9 Å². The quantitative estimate of drug-likeness (QED) is 0.807. The van der Waals surface area contributed by atoms with Crippen LogP contribution < -0.4 is 10.6 Å². The Hall–Kier alpha value is -1.26. The number of pyridine rings is 1. The maximum atomic E-state index is 6.26. The lowest BCUT2D eigenvalue weighted by Gasteiger charge is -2.30. The summed E-state index contributed by atoms with van der Waals surface area (Å²) in [6, 6.07) is 7.98. The summed E-state index contributed by atoms with van der Waals surface area (Å²) < 4.78 is 0.892. The van der Waals surface area contributed by atoms with Gasteiger partial charge < -0.3 is 10.6 Å². The largest absolute Gasteiger partial charge is 0.399 e. The molecule has 98 valence electrons. The molecule has 2 heterocycles. The first-order valence-electron chi connectivity index (χ1n) is 6.07. The molecule has 2 N–H and O–H groups in total. The number of fused-ring (bicyclic) bond motifs is 1. The maximum Gasteiger partial charge on any atom is 0.147 e. The Morgan fingerprint density at radius 1 is 1.26 bits per heavy atom. The van der Waals surface area contributed by atoms with Crippen molar-refractivity contribution in [3.05, 3.63) is 51.1 Å². The summed E-state index contributed by atoms with van der Waals surface area (Å²) in [5, 5.41) is 0.668. The average molecular weight is 339 g/mol. The molecule has 0 spiro atoms. The number of hydrogen-bond donors (Lipinski definition) is 1. The number of nitrogens with zero attached hydrogens (tertiary/aromatic N) is 2. The number of anilines is 2. The number of nitrogen functional groups attached to an aromatic ring is 1. The molecule has 1 aromatic heterocycles. The summed E-state index contributed by atoms with van der Waals surface area (Å²) in [5.74, 6) is 0.831. The second-order valence-electron chi connectivity index (χ2n) is 4.66. The zero-order valence-electron chi connectivity index (χ0n) is 10.2. The van der Waals surface area contributed by atoms with Crippen molar-refractivity contribution in [1.29, 1.82) is 0 Å². The van der Waals surface area contributed by atoms with Gasteiger partial charge in [-0.05, 0) is 51.7 Å². The van der Waals surface area contributed by atoms with Crippen LogP contribution in [0.3, 0.4) is 0 Å². The van der Waals surface area contributed by atoms with Gasteiger partial charge >= 0.3 is 0 Å². The van der Waals surface area contributed by atoms with Crippen LogP contribution in [0.1, 0.15) is 11.1 Å². The zero-order chi connectivity index (χ0) is 13.4. The normalized spacial score (nSPS) is 14.3. The Labute approximate surface area is 125 Å². The van der Waals surface area contributed by atoms with Gasteiger partial charge in [0.05, 0.1) is 5.02 Å². The predicted molar refractivity (Wildman–Crippen MR) is 82.6 cm³/mol. The molecular formula is C14H13BrClN3. The van der Waals surface area contributed by atoms with E-state index in [0.717, 1.165) is 35.5 Å². The van der Waals surface area contributed by atoms with Crippen LogP contribution in [-0.2, 0) is 13.0 Å². The van der Waals surface area contributed by atoms with Crippen molar-refractivity contribution in [3.63, 3.8) is 0 Å². The first-order chi connectivity index (χ1) is 9.13. The second-order valence-corrected chi connectivity index (χ2v) is 5.98. The molecule has 0 unspecified atom stereocenters. The highest BCUT2D eigenvalue weighted by molar-refractivity contribution is 9.10. The Morgan fingerprint density at radius 2 is 2.11 bits per heavy atom. The number of aromatic nitrogens is 1. The molecule has 1 aliphatic rings. The number of benzene rings is 1. The topological polar surface area (TPSA) is 42.1 Å².